The van der Waals surface area contributed by atoms with Gasteiger partial charge >= 0.3 is 0 Å². The van der Waals surface area contributed by atoms with Gasteiger partial charge < -0.3 is 9.64 Å². The second-order valence-electron chi connectivity index (χ2n) is 10.3. The summed E-state index contributed by atoms with van der Waals surface area (Å²) in [4.78, 5) is 23.2. The molecule has 1 unspecified atom stereocenters. The van der Waals surface area contributed by atoms with E-state index in [-0.39, 0.29) is 26.2 Å². The van der Waals surface area contributed by atoms with Crippen LogP contribution in [0.4, 0.5) is 11.4 Å². The predicted octanol–water partition coefficient (Wildman–Crippen LogP) is 5.46. The number of piperazine rings is 1. The van der Waals surface area contributed by atoms with Gasteiger partial charge in [0.25, 0.3) is 15.9 Å². The molecule has 1 aromatic heterocycles. The maximum Gasteiger partial charge on any atom is 0.272 e. The zero-order valence-electron chi connectivity index (χ0n) is 23.7. The third-order valence-corrected chi connectivity index (χ3v) is 10.4. The second kappa shape index (κ2) is 11.7. The van der Waals surface area contributed by atoms with Crippen molar-refractivity contribution in [1.29, 1.82) is 5.26 Å². The minimum Gasteiger partial charge on any atom is -0.493 e. The average Bonchev–Trinajstić information content (AvgIpc) is 3.30. The molecule has 0 radical (unpaired) electrons. The van der Waals surface area contributed by atoms with E-state index < -0.39 is 21.5 Å². The normalized spacial score (nSPS) is 18.6. The molecule has 4 aromatic rings. The van der Waals surface area contributed by atoms with Crippen molar-refractivity contribution in [3.8, 4) is 11.8 Å². The molecule has 12 heteroatoms. The number of carbonyl (C=O) groups is 1. The van der Waals surface area contributed by atoms with Crippen LogP contribution in [0.15, 0.2) is 90.1 Å². The lowest BCUT2D eigenvalue weighted by molar-refractivity contribution is -0.127. The third kappa shape index (κ3) is 4.77. The lowest BCUT2D eigenvalue weighted by atomic mass is 9.80. The Labute approximate surface area is 265 Å². The lowest BCUT2D eigenvalue weighted by Gasteiger charge is -2.46. The van der Waals surface area contributed by atoms with Crippen LogP contribution in [0.25, 0.3) is 0 Å². The van der Waals surface area contributed by atoms with E-state index in [0.29, 0.717) is 49.7 Å². The van der Waals surface area contributed by atoms with Crippen molar-refractivity contribution < 1.29 is 17.9 Å². The van der Waals surface area contributed by atoms with Crippen LogP contribution >= 0.6 is 23.2 Å². The first-order valence-corrected chi connectivity index (χ1v) is 16.1. The molecule has 2 aliphatic heterocycles. The van der Waals surface area contributed by atoms with Crippen molar-refractivity contribution in [2.45, 2.75) is 17.4 Å². The van der Waals surface area contributed by atoms with Crippen molar-refractivity contribution in [1.82, 2.24) is 9.88 Å². The predicted molar refractivity (Wildman–Crippen MR) is 169 cm³/mol. The van der Waals surface area contributed by atoms with Crippen LogP contribution in [-0.4, -0.2) is 57.0 Å². The fraction of sp³-hybridized carbons (Fsp3) is 0.219. The maximum absolute atomic E-state index is 15.2. The molecule has 0 saturated carbocycles. The number of benzene rings is 3. The summed E-state index contributed by atoms with van der Waals surface area (Å²) >= 11 is 12.5. The molecule has 44 heavy (non-hydrogen) atoms. The zero-order valence-corrected chi connectivity index (χ0v) is 26.0. The van der Waals surface area contributed by atoms with E-state index in [9.17, 15) is 13.7 Å². The first kappa shape index (κ1) is 29.9. The summed E-state index contributed by atoms with van der Waals surface area (Å²) in [6.45, 7) is 4.08. The highest BCUT2D eigenvalue weighted by molar-refractivity contribution is 7.93. The number of amides is 1. The number of aromatic nitrogens is 1. The van der Waals surface area contributed by atoms with E-state index in [0.717, 1.165) is 9.99 Å². The Bertz CT molecular complexity index is 1890. The third-order valence-electron chi connectivity index (χ3n) is 8.00. The van der Waals surface area contributed by atoms with Gasteiger partial charge in [-0.1, -0.05) is 41.4 Å². The molecule has 2 aliphatic rings. The number of anilines is 2. The van der Waals surface area contributed by atoms with Crippen LogP contribution in [0, 0.1) is 11.3 Å². The van der Waals surface area contributed by atoms with Gasteiger partial charge in [-0.15, -0.1) is 0 Å². The fourth-order valence-corrected chi connectivity index (χ4v) is 8.32. The summed E-state index contributed by atoms with van der Waals surface area (Å²) in [5.41, 5.74) is 0.650. The number of rotatable bonds is 7. The Morgan fingerprint density at radius 1 is 0.955 bits per heavy atom. The second-order valence-corrected chi connectivity index (χ2v) is 12.9. The topological polar surface area (TPSA) is 107 Å². The molecule has 6 rings (SSSR count). The summed E-state index contributed by atoms with van der Waals surface area (Å²) in [6, 6.07) is 21.8. The highest BCUT2D eigenvalue weighted by Gasteiger charge is 2.60. The van der Waals surface area contributed by atoms with Gasteiger partial charge in [0.1, 0.15) is 10.6 Å². The van der Waals surface area contributed by atoms with Gasteiger partial charge in [-0.05, 0) is 61.5 Å². The number of fused-ring (bicyclic) bond motifs is 1. The Hall–Kier alpha value is -4.14. The van der Waals surface area contributed by atoms with E-state index in [1.807, 2.05) is 24.0 Å². The number of nitrogens with zero attached hydrogens (tertiary/aromatic N) is 5. The van der Waals surface area contributed by atoms with Crippen molar-refractivity contribution in [3.63, 3.8) is 0 Å². The van der Waals surface area contributed by atoms with Crippen molar-refractivity contribution >= 4 is 50.5 Å². The molecule has 3 aromatic carbocycles. The Morgan fingerprint density at radius 2 is 1.68 bits per heavy atom. The molecular weight excluding hydrogens is 621 g/mol. The largest absolute Gasteiger partial charge is 0.493 e. The minimum atomic E-state index is -4.54. The van der Waals surface area contributed by atoms with Crippen molar-refractivity contribution in [3.05, 3.63) is 112 Å². The zero-order chi connectivity index (χ0) is 31.1. The number of ether oxygens (including phenoxy) is 1. The summed E-state index contributed by atoms with van der Waals surface area (Å²) in [5, 5.41) is 10.0. The summed E-state index contributed by atoms with van der Waals surface area (Å²) in [7, 11) is -4.54. The van der Waals surface area contributed by atoms with Crippen molar-refractivity contribution in [2.75, 3.05) is 42.0 Å². The van der Waals surface area contributed by atoms with Gasteiger partial charge in [0.05, 0.1) is 28.9 Å². The SMILES string of the molecule is CCOc1ccccc1C1(N2CCN(c3ccncc3)CC2)C(=O)N(S(=O)(=O)c2ccc(Cl)cc2Cl)c2ccc(C#N)cc21. The van der Waals surface area contributed by atoms with E-state index in [1.54, 1.807) is 42.7 Å². The van der Waals surface area contributed by atoms with Crippen LogP contribution in [0.5, 0.6) is 5.75 Å². The molecule has 3 heterocycles. The van der Waals surface area contributed by atoms with E-state index in [4.69, 9.17) is 27.9 Å². The molecule has 0 N–H and O–H groups in total. The number of carbonyl (C=O) groups excluding carboxylic acids is 1. The standard InChI is InChI=1S/C32H27Cl2N5O4S/c1-2-43-29-6-4-3-5-25(29)32(38-17-15-37(16-18-38)24-11-13-36-14-12-24)26-19-22(21-35)7-9-28(26)39(31(32)40)44(41,42)30-10-8-23(33)20-27(30)34/h3-14,19-20H,2,15-18H2,1H3. The summed E-state index contributed by atoms with van der Waals surface area (Å²) in [5.74, 6) is -0.268. The first-order valence-electron chi connectivity index (χ1n) is 13.9. The number of para-hydroxylation sites is 1. The average molecular weight is 649 g/mol. The van der Waals surface area contributed by atoms with Gasteiger partial charge in [-0.25, -0.2) is 12.7 Å². The van der Waals surface area contributed by atoms with Gasteiger partial charge in [0.15, 0.2) is 5.54 Å². The summed E-state index contributed by atoms with van der Waals surface area (Å²) in [6.07, 6.45) is 3.46. The van der Waals surface area contributed by atoms with Gasteiger partial charge in [-0.3, -0.25) is 14.7 Å². The van der Waals surface area contributed by atoms with E-state index in [1.165, 1.54) is 30.3 Å². The maximum atomic E-state index is 15.2. The Morgan fingerprint density at radius 3 is 2.36 bits per heavy atom. The fourth-order valence-electron chi connectivity index (χ4n) is 6.10. The number of hydrogen-bond donors (Lipinski definition) is 0. The van der Waals surface area contributed by atoms with Gasteiger partial charge in [-0.2, -0.15) is 5.26 Å². The quantitative estimate of drug-likeness (QED) is 0.260. The first-order chi connectivity index (χ1) is 21.2. The van der Waals surface area contributed by atoms with Crippen LogP contribution < -0.4 is 13.9 Å². The van der Waals surface area contributed by atoms with Gasteiger partial charge in [0.2, 0.25) is 0 Å². The van der Waals surface area contributed by atoms with Crippen LogP contribution in [0.3, 0.4) is 0 Å². The van der Waals surface area contributed by atoms with E-state index >= 15 is 4.79 Å². The molecule has 0 aliphatic carbocycles. The number of sulfonamides is 1. The molecule has 1 fully saturated rings. The molecule has 224 valence electrons. The highest BCUT2D eigenvalue weighted by Crippen LogP contribution is 2.53. The molecule has 0 spiro atoms. The molecule has 1 atom stereocenters. The Balaban J connectivity index is 1.58. The number of pyridine rings is 1. The molecular formula is C32H27Cl2N5O4S. The molecule has 9 nitrogen and oxygen atoms in total. The number of hydrogen-bond acceptors (Lipinski definition) is 8. The van der Waals surface area contributed by atoms with Crippen LogP contribution in [0.2, 0.25) is 10.0 Å². The van der Waals surface area contributed by atoms with Gasteiger partial charge in [0, 0.05) is 60.4 Å². The molecule has 0 bridgehead atoms. The van der Waals surface area contributed by atoms with Crippen LogP contribution in [0.1, 0.15) is 23.6 Å². The molecule has 1 saturated heterocycles. The molecule has 1 amide bonds. The number of nitriles is 1. The smallest absolute Gasteiger partial charge is 0.272 e. The monoisotopic (exact) mass is 647 g/mol. The van der Waals surface area contributed by atoms with Crippen LogP contribution in [-0.2, 0) is 20.4 Å². The number of halogens is 2. The summed E-state index contributed by atoms with van der Waals surface area (Å²) < 4.78 is 35.6. The van der Waals surface area contributed by atoms with E-state index in [2.05, 4.69) is 16.0 Å². The Kier molecular flexibility index (Phi) is 7.99. The lowest BCUT2D eigenvalue weighted by Crippen LogP contribution is -2.60. The highest BCUT2D eigenvalue weighted by atomic mass is 35.5. The minimum absolute atomic E-state index is 0.112. The van der Waals surface area contributed by atoms with Crippen molar-refractivity contribution in [2.24, 2.45) is 0 Å².